The lowest BCUT2D eigenvalue weighted by atomic mass is 10.1. The highest BCUT2D eigenvalue weighted by atomic mass is 32.1. The van der Waals surface area contributed by atoms with Crippen LogP contribution >= 0.6 is 11.3 Å². The van der Waals surface area contributed by atoms with Crippen LogP contribution in [0.4, 0.5) is 5.13 Å². The van der Waals surface area contributed by atoms with Gasteiger partial charge < -0.3 is 5.73 Å². The van der Waals surface area contributed by atoms with Crippen LogP contribution in [0.15, 0.2) is 24.3 Å². The van der Waals surface area contributed by atoms with Crippen LogP contribution in [0, 0.1) is 6.92 Å². The summed E-state index contributed by atoms with van der Waals surface area (Å²) in [4.78, 5) is 12.0. The lowest BCUT2D eigenvalue weighted by Crippen LogP contribution is -2.12. The molecule has 2 rings (SSSR count). The zero-order chi connectivity index (χ0) is 13.0. The molecule has 0 saturated heterocycles. The maximum absolute atomic E-state index is 12.0. The largest absolute Gasteiger partial charge is 0.330 e. The summed E-state index contributed by atoms with van der Waals surface area (Å²) in [7, 11) is 0. The second kappa shape index (κ2) is 5.70. The molecule has 0 radical (unpaired) electrons. The first kappa shape index (κ1) is 12.7. The first-order valence-corrected chi connectivity index (χ1v) is 6.42. The van der Waals surface area contributed by atoms with E-state index in [1.165, 1.54) is 11.3 Å². The van der Waals surface area contributed by atoms with E-state index >= 15 is 0 Å². The molecule has 0 unspecified atom stereocenters. The van der Waals surface area contributed by atoms with Crippen molar-refractivity contribution in [3.63, 3.8) is 0 Å². The second-order valence-electron chi connectivity index (χ2n) is 3.81. The number of rotatable bonds is 4. The number of aromatic nitrogens is 2. The van der Waals surface area contributed by atoms with Crippen molar-refractivity contribution in [2.24, 2.45) is 5.73 Å². The van der Waals surface area contributed by atoms with E-state index in [1.807, 2.05) is 25.1 Å². The summed E-state index contributed by atoms with van der Waals surface area (Å²) in [6, 6.07) is 7.42. The van der Waals surface area contributed by atoms with Gasteiger partial charge in [-0.1, -0.05) is 29.5 Å². The van der Waals surface area contributed by atoms with E-state index in [-0.39, 0.29) is 5.91 Å². The Balaban J connectivity index is 2.09. The zero-order valence-electron chi connectivity index (χ0n) is 10.0. The molecule has 0 atom stereocenters. The molecule has 5 nitrogen and oxygen atoms in total. The Bertz CT molecular complexity index is 553. The van der Waals surface area contributed by atoms with Gasteiger partial charge in [0.05, 0.1) is 0 Å². The zero-order valence-corrected chi connectivity index (χ0v) is 10.8. The smallest absolute Gasteiger partial charge is 0.257 e. The van der Waals surface area contributed by atoms with Gasteiger partial charge in [0.1, 0.15) is 5.01 Å². The third-order valence-electron chi connectivity index (χ3n) is 2.44. The van der Waals surface area contributed by atoms with Gasteiger partial charge in [-0.2, -0.15) is 0 Å². The number of aryl methyl sites for hydroxylation is 1. The van der Waals surface area contributed by atoms with Crippen LogP contribution in [0.5, 0.6) is 0 Å². The van der Waals surface area contributed by atoms with Gasteiger partial charge in [0.25, 0.3) is 5.91 Å². The maximum atomic E-state index is 12.0. The highest BCUT2D eigenvalue weighted by molar-refractivity contribution is 7.15. The van der Waals surface area contributed by atoms with Crippen molar-refractivity contribution < 1.29 is 4.79 Å². The molecule has 1 heterocycles. The molecule has 0 fully saturated rings. The fraction of sp³-hybridized carbons (Fsp3) is 0.250. The Labute approximate surface area is 109 Å². The molecular weight excluding hydrogens is 248 g/mol. The third kappa shape index (κ3) is 2.91. The molecule has 0 aliphatic carbocycles. The number of anilines is 1. The summed E-state index contributed by atoms with van der Waals surface area (Å²) in [5, 5.41) is 11.9. The summed E-state index contributed by atoms with van der Waals surface area (Å²) in [6.45, 7) is 2.43. The molecule has 1 aromatic heterocycles. The number of carbonyl (C=O) groups excluding carboxylic acids is 1. The first-order valence-electron chi connectivity index (χ1n) is 5.60. The van der Waals surface area contributed by atoms with Crippen LogP contribution in [0.3, 0.4) is 0 Å². The lowest BCUT2D eigenvalue weighted by Gasteiger charge is -2.03. The summed E-state index contributed by atoms with van der Waals surface area (Å²) in [5.41, 5.74) is 7.01. The second-order valence-corrected chi connectivity index (χ2v) is 4.87. The molecule has 6 heteroatoms. The molecule has 0 spiro atoms. The van der Waals surface area contributed by atoms with E-state index in [1.54, 1.807) is 6.07 Å². The third-order valence-corrected chi connectivity index (χ3v) is 3.33. The average molecular weight is 262 g/mol. The number of nitrogens with one attached hydrogen (secondary N) is 1. The highest BCUT2D eigenvalue weighted by Crippen LogP contribution is 2.17. The Morgan fingerprint density at radius 2 is 2.17 bits per heavy atom. The molecule has 0 bridgehead atoms. The fourth-order valence-electron chi connectivity index (χ4n) is 1.52. The summed E-state index contributed by atoms with van der Waals surface area (Å²) in [5.74, 6) is -0.163. The number of hydrogen-bond donors (Lipinski definition) is 2. The molecule has 1 amide bonds. The monoisotopic (exact) mass is 262 g/mol. The van der Waals surface area contributed by atoms with Gasteiger partial charge in [-0.25, -0.2) is 0 Å². The molecule has 0 saturated carbocycles. The van der Waals surface area contributed by atoms with Crippen molar-refractivity contribution in [1.82, 2.24) is 10.2 Å². The van der Waals surface area contributed by atoms with Crippen LogP contribution in [0.1, 0.15) is 20.9 Å². The Morgan fingerprint density at radius 3 is 2.89 bits per heavy atom. The van der Waals surface area contributed by atoms with Gasteiger partial charge in [-0.15, -0.1) is 10.2 Å². The van der Waals surface area contributed by atoms with Crippen molar-refractivity contribution in [2.45, 2.75) is 13.3 Å². The van der Waals surface area contributed by atoms with Gasteiger partial charge in [0, 0.05) is 12.0 Å². The number of nitrogens with two attached hydrogens (primary N) is 1. The van der Waals surface area contributed by atoms with Crippen LogP contribution in [0.2, 0.25) is 0 Å². The van der Waals surface area contributed by atoms with Crippen molar-refractivity contribution in [2.75, 3.05) is 11.9 Å². The quantitative estimate of drug-likeness (QED) is 0.877. The minimum absolute atomic E-state index is 0.163. The number of hydrogen-bond acceptors (Lipinski definition) is 5. The van der Waals surface area contributed by atoms with Crippen molar-refractivity contribution in [1.29, 1.82) is 0 Å². The van der Waals surface area contributed by atoms with E-state index in [2.05, 4.69) is 15.5 Å². The van der Waals surface area contributed by atoms with Crippen LogP contribution in [-0.4, -0.2) is 22.6 Å². The van der Waals surface area contributed by atoms with Gasteiger partial charge in [-0.05, 0) is 25.1 Å². The highest BCUT2D eigenvalue weighted by Gasteiger charge is 2.11. The number of nitrogens with zero attached hydrogens (tertiary/aromatic N) is 2. The fourth-order valence-corrected chi connectivity index (χ4v) is 2.27. The van der Waals surface area contributed by atoms with E-state index in [9.17, 15) is 4.79 Å². The van der Waals surface area contributed by atoms with E-state index < -0.39 is 0 Å². The van der Waals surface area contributed by atoms with E-state index in [0.29, 0.717) is 23.7 Å². The van der Waals surface area contributed by atoms with Gasteiger partial charge in [0.2, 0.25) is 5.13 Å². The SMILES string of the molecule is Cc1ccccc1C(=O)Nc1nnc(CCN)s1. The molecule has 1 aromatic carbocycles. The van der Waals surface area contributed by atoms with E-state index in [0.717, 1.165) is 10.6 Å². The maximum Gasteiger partial charge on any atom is 0.257 e. The topological polar surface area (TPSA) is 80.9 Å². The van der Waals surface area contributed by atoms with Crippen molar-refractivity contribution >= 4 is 22.4 Å². The minimum atomic E-state index is -0.163. The molecule has 0 aliphatic rings. The molecule has 3 N–H and O–H groups in total. The normalized spacial score (nSPS) is 10.3. The molecule has 18 heavy (non-hydrogen) atoms. The van der Waals surface area contributed by atoms with Crippen molar-refractivity contribution in [3.8, 4) is 0 Å². The lowest BCUT2D eigenvalue weighted by molar-refractivity contribution is 0.102. The molecule has 0 aliphatic heterocycles. The molecule has 2 aromatic rings. The van der Waals surface area contributed by atoms with Crippen molar-refractivity contribution in [3.05, 3.63) is 40.4 Å². The van der Waals surface area contributed by atoms with Crippen LogP contribution < -0.4 is 11.1 Å². The van der Waals surface area contributed by atoms with Crippen LogP contribution in [-0.2, 0) is 6.42 Å². The summed E-state index contributed by atoms with van der Waals surface area (Å²) < 4.78 is 0. The van der Waals surface area contributed by atoms with Gasteiger partial charge >= 0.3 is 0 Å². The molecule has 94 valence electrons. The predicted molar refractivity (Wildman–Crippen MR) is 71.8 cm³/mol. The molecular formula is C12H14N4OS. The summed E-state index contributed by atoms with van der Waals surface area (Å²) >= 11 is 1.35. The minimum Gasteiger partial charge on any atom is -0.330 e. The first-order chi connectivity index (χ1) is 8.70. The average Bonchev–Trinajstić information content (AvgIpc) is 2.77. The number of amides is 1. The Morgan fingerprint density at radius 1 is 1.39 bits per heavy atom. The van der Waals surface area contributed by atoms with Crippen LogP contribution in [0.25, 0.3) is 0 Å². The van der Waals surface area contributed by atoms with E-state index in [4.69, 9.17) is 5.73 Å². The predicted octanol–water partition coefficient (Wildman–Crippen LogP) is 1.60. The number of benzene rings is 1. The Kier molecular flexibility index (Phi) is 4.01. The summed E-state index contributed by atoms with van der Waals surface area (Å²) in [6.07, 6.45) is 0.678. The van der Waals surface area contributed by atoms with Gasteiger partial charge in [0.15, 0.2) is 0 Å². The Hall–Kier alpha value is -1.79. The standard InChI is InChI=1S/C12H14N4OS/c1-8-4-2-3-5-9(8)11(17)14-12-16-15-10(18-12)6-7-13/h2-5H,6-7,13H2,1H3,(H,14,16,17). The van der Waals surface area contributed by atoms with Gasteiger partial charge in [-0.3, -0.25) is 10.1 Å². The number of carbonyl (C=O) groups is 1.